The molecule has 0 aliphatic carbocycles. The Bertz CT molecular complexity index is 718. The second-order valence-corrected chi connectivity index (χ2v) is 8.94. The molecule has 0 radical (unpaired) electrons. The molecule has 3 aliphatic heterocycles. The second-order valence-electron chi connectivity index (χ2n) is 7.17. The third-order valence-electron chi connectivity index (χ3n) is 5.23. The molecule has 0 aromatic heterocycles. The van der Waals surface area contributed by atoms with Crippen LogP contribution in [-0.2, 0) is 10.0 Å². The minimum Gasteiger partial charge on any atom is -0.337 e. The largest absolute Gasteiger partial charge is 0.337 e. The van der Waals surface area contributed by atoms with Crippen LogP contribution in [0.15, 0.2) is 29.2 Å². The van der Waals surface area contributed by atoms with Gasteiger partial charge in [0.05, 0.1) is 4.90 Å². The number of hydrogen-bond donors (Lipinski definition) is 1. The molecule has 1 aromatic carbocycles. The Morgan fingerprint density at radius 1 is 1.16 bits per heavy atom. The van der Waals surface area contributed by atoms with Gasteiger partial charge in [-0.15, -0.1) is 0 Å². The van der Waals surface area contributed by atoms with Gasteiger partial charge in [-0.1, -0.05) is 6.92 Å². The molecule has 3 heterocycles. The molecule has 1 N–H and O–H groups in total. The smallest absolute Gasteiger partial charge is 0.253 e. The maximum absolute atomic E-state index is 12.9. The topological polar surface area (TPSA) is 69.7 Å². The van der Waals surface area contributed by atoms with Gasteiger partial charge in [0.2, 0.25) is 10.0 Å². The summed E-state index contributed by atoms with van der Waals surface area (Å²) in [5.74, 6) is 0.531. The number of likely N-dealkylation sites (N-methyl/N-ethyl adjacent to an activating group) is 1. The summed E-state index contributed by atoms with van der Waals surface area (Å²) in [5, 5.41) is 0. The second kappa shape index (κ2) is 7.43. The van der Waals surface area contributed by atoms with E-state index in [1.807, 2.05) is 11.8 Å². The van der Waals surface area contributed by atoms with Crippen LogP contribution in [0.1, 0.15) is 36.5 Å². The minimum atomic E-state index is -3.49. The van der Waals surface area contributed by atoms with Crippen LogP contribution in [0.4, 0.5) is 0 Å². The number of nitrogens with one attached hydrogen (secondary N) is 1. The molecule has 1 aromatic rings. The lowest BCUT2D eigenvalue weighted by Crippen LogP contribution is -2.41. The number of sulfonamides is 1. The summed E-state index contributed by atoms with van der Waals surface area (Å²) in [6.45, 7) is 4.92. The third kappa shape index (κ3) is 4.04. The summed E-state index contributed by atoms with van der Waals surface area (Å²) in [4.78, 5) is 17.3. The van der Waals surface area contributed by atoms with Crippen LogP contribution in [0.5, 0.6) is 0 Å². The Labute approximate surface area is 150 Å². The number of rotatable bonds is 5. The fraction of sp³-hybridized carbons (Fsp3) is 0.611. The van der Waals surface area contributed by atoms with Crippen LogP contribution in [0.2, 0.25) is 0 Å². The Balaban J connectivity index is 1.73. The predicted molar refractivity (Wildman–Crippen MR) is 97.0 cm³/mol. The van der Waals surface area contributed by atoms with Crippen LogP contribution >= 0.6 is 0 Å². The van der Waals surface area contributed by atoms with Crippen molar-refractivity contribution in [2.75, 3.05) is 33.2 Å². The monoisotopic (exact) mass is 365 g/mol. The number of carbonyl (C=O) groups is 1. The van der Waals surface area contributed by atoms with Gasteiger partial charge in [0, 0.05) is 37.8 Å². The molecule has 138 valence electrons. The number of benzene rings is 1. The predicted octanol–water partition coefficient (Wildman–Crippen LogP) is 1.54. The maximum atomic E-state index is 12.9. The molecule has 7 heteroatoms. The summed E-state index contributed by atoms with van der Waals surface area (Å²) < 4.78 is 26.8. The molecule has 0 saturated carbocycles. The number of hydrogen-bond acceptors (Lipinski definition) is 4. The maximum Gasteiger partial charge on any atom is 0.253 e. The van der Waals surface area contributed by atoms with Crippen molar-refractivity contribution >= 4 is 15.9 Å². The van der Waals surface area contributed by atoms with Gasteiger partial charge >= 0.3 is 0 Å². The van der Waals surface area contributed by atoms with E-state index in [4.69, 9.17) is 0 Å². The molecular formula is C18H27N3O3S. The number of carbonyl (C=O) groups excluding carboxylic acids is 1. The highest BCUT2D eigenvalue weighted by Crippen LogP contribution is 2.27. The molecule has 3 saturated heterocycles. The van der Waals surface area contributed by atoms with Gasteiger partial charge in [-0.25, -0.2) is 13.1 Å². The molecule has 25 heavy (non-hydrogen) atoms. The van der Waals surface area contributed by atoms with Gasteiger partial charge in [0.25, 0.3) is 5.91 Å². The summed E-state index contributed by atoms with van der Waals surface area (Å²) in [6.07, 6.45) is 3.06. The van der Waals surface area contributed by atoms with Crippen LogP contribution in [0.3, 0.4) is 0 Å². The lowest BCUT2D eigenvalue weighted by atomic mass is 9.96. The number of piperidine rings is 1. The average molecular weight is 365 g/mol. The van der Waals surface area contributed by atoms with Crippen molar-refractivity contribution in [3.63, 3.8) is 0 Å². The van der Waals surface area contributed by atoms with E-state index in [-0.39, 0.29) is 10.8 Å². The van der Waals surface area contributed by atoms with E-state index in [0.717, 1.165) is 32.5 Å². The first-order valence-electron chi connectivity index (χ1n) is 9.00. The van der Waals surface area contributed by atoms with E-state index in [1.165, 1.54) is 18.6 Å². The molecule has 0 spiro atoms. The highest BCUT2D eigenvalue weighted by atomic mass is 32.2. The van der Waals surface area contributed by atoms with Gasteiger partial charge in [-0.05, 0) is 56.5 Å². The van der Waals surface area contributed by atoms with Gasteiger partial charge < -0.3 is 9.80 Å². The Morgan fingerprint density at radius 2 is 1.88 bits per heavy atom. The number of fused-ring (bicyclic) bond motifs is 4. The molecule has 2 bridgehead atoms. The van der Waals surface area contributed by atoms with Crippen LogP contribution in [0.25, 0.3) is 0 Å². The molecule has 3 fully saturated rings. The van der Waals surface area contributed by atoms with Crippen molar-refractivity contribution in [3.8, 4) is 0 Å². The SMILES string of the molecule is CCCNS(=O)(=O)c1ccc(C(=O)N2C[C@H]3CC[C@@H](C2)N(C)C3)cc1. The molecule has 6 nitrogen and oxygen atoms in total. The zero-order valence-corrected chi connectivity index (χ0v) is 15.8. The molecule has 2 atom stereocenters. The molecule has 4 rings (SSSR count). The van der Waals surface area contributed by atoms with Crippen molar-refractivity contribution in [1.29, 1.82) is 0 Å². The van der Waals surface area contributed by atoms with Crippen molar-refractivity contribution in [1.82, 2.24) is 14.5 Å². The van der Waals surface area contributed by atoms with E-state index in [1.54, 1.807) is 12.1 Å². The summed E-state index contributed by atoms with van der Waals surface area (Å²) in [6, 6.07) is 6.72. The van der Waals surface area contributed by atoms with Gasteiger partial charge in [0.1, 0.15) is 0 Å². The first-order valence-corrected chi connectivity index (χ1v) is 10.5. The lowest BCUT2D eigenvalue weighted by molar-refractivity contribution is 0.0742. The minimum absolute atomic E-state index is 0.00216. The summed E-state index contributed by atoms with van der Waals surface area (Å²) in [7, 11) is -1.36. The average Bonchev–Trinajstić information content (AvgIpc) is 2.91. The molecule has 1 amide bonds. The zero-order valence-electron chi connectivity index (χ0n) is 14.9. The fourth-order valence-electron chi connectivity index (χ4n) is 3.76. The standard InChI is InChI=1S/C18H27N3O3S/c1-3-10-19-25(23,24)17-8-5-15(6-9-17)18(22)21-12-14-4-7-16(13-21)20(2)11-14/h5-6,8-9,14,16,19H,3-4,7,10-13H2,1-2H3/t14-,16-/m0/s1. The van der Waals surface area contributed by atoms with E-state index in [0.29, 0.717) is 24.1 Å². The quantitative estimate of drug-likeness (QED) is 0.859. The first-order chi connectivity index (χ1) is 11.9. The summed E-state index contributed by atoms with van der Waals surface area (Å²) >= 11 is 0. The van der Waals surface area contributed by atoms with Gasteiger partial charge in [-0.3, -0.25) is 4.79 Å². The highest BCUT2D eigenvalue weighted by Gasteiger charge is 2.34. The van der Waals surface area contributed by atoms with Crippen LogP contribution in [-0.4, -0.2) is 63.4 Å². The van der Waals surface area contributed by atoms with Crippen molar-refractivity contribution in [2.24, 2.45) is 5.92 Å². The highest BCUT2D eigenvalue weighted by molar-refractivity contribution is 7.89. The zero-order chi connectivity index (χ0) is 18.0. The fourth-order valence-corrected chi connectivity index (χ4v) is 4.90. The Hall–Kier alpha value is -1.44. The Morgan fingerprint density at radius 3 is 2.52 bits per heavy atom. The van der Waals surface area contributed by atoms with Gasteiger partial charge in [0.15, 0.2) is 0 Å². The van der Waals surface area contributed by atoms with E-state index in [9.17, 15) is 13.2 Å². The normalized spacial score (nSPS) is 24.3. The van der Waals surface area contributed by atoms with E-state index in [2.05, 4.69) is 16.7 Å². The van der Waals surface area contributed by atoms with Crippen molar-refractivity contribution < 1.29 is 13.2 Å². The van der Waals surface area contributed by atoms with E-state index >= 15 is 0 Å². The molecule has 0 unspecified atom stereocenters. The molecular weight excluding hydrogens is 338 g/mol. The van der Waals surface area contributed by atoms with E-state index < -0.39 is 10.0 Å². The summed E-state index contributed by atoms with van der Waals surface area (Å²) in [5.41, 5.74) is 0.554. The van der Waals surface area contributed by atoms with Crippen molar-refractivity contribution in [2.45, 2.75) is 37.1 Å². The Kier molecular flexibility index (Phi) is 5.46. The molecule has 3 aliphatic rings. The van der Waals surface area contributed by atoms with Gasteiger partial charge in [-0.2, -0.15) is 0 Å². The third-order valence-corrected chi connectivity index (χ3v) is 6.71. The van der Waals surface area contributed by atoms with Crippen LogP contribution < -0.4 is 4.72 Å². The lowest BCUT2D eigenvalue weighted by Gasteiger charge is -2.32. The van der Waals surface area contributed by atoms with Crippen molar-refractivity contribution in [3.05, 3.63) is 29.8 Å². The number of amides is 1. The number of nitrogens with zero attached hydrogens (tertiary/aromatic N) is 2. The first kappa shape index (κ1) is 18.4. The van der Waals surface area contributed by atoms with Crippen LogP contribution in [0, 0.1) is 5.92 Å².